The number of benzene rings is 1. The van der Waals surface area contributed by atoms with Crippen LogP contribution in [-0.4, -0.2) is 34.5 Å². The Labute approximate surface area is 149 Å². The highest BCUT2D eigenvalue weighted by Gasteiger charge is 2.20. The summed E-state index contributed by atoms with van der Waals surface area (Å²) in [6, 6.07) is 6.62. The van der Waals surface area contributed by atoms with Crippen molar-refractivity contribution in [1.29, 1.82) is 0 Å². The van der Waals surface area contributed by atoms with Crippen molar-refractivity contribution in [1.82, 2.24) is 10.6 Å². The van der Waals surface area contributed by atoms with Gasteiger partial charge in [-0.05, 0) is 42.9 Å². The van der Waals surface area contributed by atoms with Gasteiger partial charge in [-0.2, -0.15) is 0 Å². The topological polar surface area (TPSA) is 96.6 Å². The van der Waals surface area contributed by atoms with Crippen LogP contribution in [0, 0.1) is 5.92 Å². The van der Waals surface area contributed by atoms with E-state index in [2.05, 4.69) is 15.6 Å². The second-order valence-corrected chi connectivity index (χ2v) is 6.82. The molecular weight excluding hydrogens is 415 g/mol. The molecule has 1 aromatic carbocycles. The van der Waals surface area contributed by atoms with E-state index in [9.17, 15) is 8.42 Å². The fourth-order valence-electron chi connectivity index (χ4n) is 1.95. The average molecular weight is 438 g/mol. The quantitative estimate of drug-likeness (QED) is 0.352. The molecule has 0 amide bonds. The van der Waals surface area contributed by atoms with Crippen LogP contribution in [0.15, 0.2) is 34.2 Å². The molecule has 0 aromatic heterocycles. The lowest BCUT2D eigenvalue weighted by Gasteiger charge is -2.11. The third-order valence-corrected chi connectivity index (χ3v) is 4.37. The summed E-state index contributed by atoms with van der Waals surface area (Å²) in [6.45, 7) is 1.71. The van der Waals surface area contributed by atoms with Gasteiger partial charge in [0.15, 0.2) is 5.96 Å². The first-order chi connectivity index (χ1) is 9.99. The first kappa shape index (κ1) is 19.2. The Kier molecular flexibility index (Phi) is 7.57. The van der Waals surface area contributed by atoms with Gasteiger partial charge in [0, 0.05) is 20.1 Å². The molecule has 22 heavy (non-hydrogen) atoms. The molecule has 0 heterocycles. The van der Waals surface area contributed by atoms with Crippen LogP contribution in [0.5, 0.6) is 0 Å². The largest absolute Gasteiger partial charge is 0.356 e. The number of nitrogens with zero attached hydrogens (tertiary/aromatic N) is 1. The second kappa shape index (κ2) is 8.68. The van der Waals surface area contributed by atoms with Crippen LogP contribution in [0.25, 0.3) is 0 Å². The molecule has 4 N–H and O–H groups in total. The van der Waals surface area contributed by atoms with Crippen molar-refractivity contribution in [2.45, 2.75) is 24.2 Å². The van der Waals surface area contributed by atoms with Gasteiger partial charge in [-0.25, -0.2) is 13.6 Å². The maximum Gasteiger partial charge on any atom is 0.238 e. The van der Waals surface area contributed by atoms with Gasteiger partial charge in [0.2, 0.25) is 10.0 Å². The molecule has 1 saturated carbocycles. The predicted octanol–water partition coefficient (Wildman–Crippen LogP) is 1.07. The van der Waals surface area contributed by atoms with E-state index < -0.39 is 10.0 Å². The molecule has 1 fully saturated rings. The molecule has 0 bridgehead atoms. The first-order valence-corrected chi connectivity index (χ1v) is 8.60. The molecule has 0 saturated heterocycles. The van der Waals surface area contributed by atoms with Gasteiger partial charge in [0.05, 0.1) is 4.90 Å². The number of primary sulfonamides is 1. The lowest BCUT2D eigenvalue weighted by Crippen LogP contribution is -2.39. The summed E-state index contributed by atoms with van der Waals surface area (Å²) in [5.41, 5.74) is 1.05. The van der Waals surface area contributed by atoms with E-state index in [0.717, 1.165) is 37.0 Å². The van der Waals surface area contributed by atoms with Crippen LogP contribution in [0.4, 0.5) is 0 Å². The van der Waals surface area contributed by atoms with E-state index >= 15 is 0 Å². The van der Waals surface area contributed by atoms with Crippen molar-refractivity contribution in [2.24, 2.45) is 16.0 Å². The van der Waals surface area contributed by atoms with Crippen molar-refractivity contribution in [3.8, 4) is 0 Å². The van der Waals surface area contributed by atoms with Gasteiger partial charge in [0.25, 0.3) is 0 Å². The predicted molar refractivity (Wildman–Crippen MR) is 99.0 cm³/mol. The van der Waals surface area contributed by atoms with Crippen molar-refractivity contribution >= 4 is 40.0 Å². The Morgan fingerprint density at radius 2 is 1.91 bits per heavy atom. The minimum atomic E-state index is -3.61. The molecule has 0 aliphatic heterocycles. The summed E-state index contributed by atoms with van der Waals surface area (Å²) in [5, 5.41) is 11.6. The van der Waals surface area contributed by atoms with E-state index in [1.807, 2.05) is 0 Å². The summed E-state index contributed by atoms with van der Waals surface area (Å²) < 4.78 is 22.3. The SMILES string of the molecule is CN=C(NCCc1ccc(S(N)(=O)=O)cc1)NCC1CC1.I. The lowest BCUT2D eigenvalue weighted by molar-refractivity contribution is 0.598. The molecule has 1 aliphatic rings. The number of guanidine groups is 1. The number of aliphatic imine (C=N–C) groups is 1. The van der Waals surface area contributed by atoms with E-state index in [1.54, 1.807) is 19.2 Å². The van der Waals surface area contributed by atoms with Gasteiger partial charge < -0.3 is 10.6 Å². The second-order valence-electron chi connectivity index (χ2n) is 5.26. The summed E-state index contributed by atoms with van der Waals surface area (Å²) in [7, 11) is -1.86. The number of sulfonamides is 1. The molecule has 6 nitrogen and oxygen atoms in total. The lowest BCUT2D eigenvalue weighted by atomic mass is 10.1. The van der Waals surface area contributed by atoms with E-state index in [1.165, 1.54) is 25.0 Å². The molecule has 124 valence electrons. The minimum absolute atomic E-state index is 0. The summed E-state index contributed by atoms with van der Waals surface area (Å²) in [4.78, 5) is 4.30. The molecule has 1 aliphatic carbocycles. The van der Waals surface area contributed by atoms with Crippen molar-refractivity contribution in [3.05, 3.63) is 29.8 Å². The summed E-state index contributed by atoms with van der Waals surface area (Å²) >= 11 is 0. The monoisotopic (exact) mass is 438 g/mol. The summed E-state index contributed by atoms with van der Waals surface area (Å²) in [5.74, 6) is 1.61. The highest BCUT2D eigenvalue weighted by atomic mass is 127. The molecule has 0 atom stereocenters. The maximum atomic E-state index is 11.2. The van der Waals surface area contributed by atoms with Crippen LogP contribution in [0.2, 0.25) is 0 Å². The molecule has 8 heteroatoms. The Morgan fingerprint density at radius 1 is 1.27 bits per heavy atom. The van der Waals surface area contributed by atoms with Crippen LogP contribution in [0.1, 0.15) is 18.4 Å². The number of halogens is 1. The minimum Gasteiger partial charge on any atom is -0.356 e. The summed E-state index contributed by atoms with van der Waals surface area (Å²) in [6.07, 6.45) is 3.40. The maximum absolute atomic E-state index is 11.2. The van der Waals surface area contributed by atoms with Crippen molar-refractivity contribution in [3.63, 3.8) is 0 Å². The normalized spacial score (nSPS) is 15.1. The zero-order chi connectivity index (χ0) is 15.3. The van der Waals surface area contributed by atoms with Crippen LogP contribution < -0.4 is 15.8 Å². The van der Waals surface area contributed by atoms with Crippen LogP contribution in [-0.2, 0) is 16.4 Å². The van der Waals surface area contributed by atoms with Gasteiger partial charge in [-0.1, -0.05) is 12.1 Å². The Morgan fingerprint density at radius 3 is 2.41 bits per heavy atom. The number of hydrogen-bond donors (Lipinski definition) is 3. The molecule has 0 unspecified atom stereocenters. The molecule has 0 radical (unpaired) electrons. The standard InChI is InChI=1S/C14H22N4O2S.HI/c1-16-14(18-10-12-2-3-12)17-9-8-11-4-6-13(7-5-11)21(15,19)20;/h4-7,12H,2-3,8-10H2,1H3,(H2,15,19,20)(H2,16,17,18);1H. The van der Waals surface area contributed by atoms with Crippen LogP contribution in [0.3, 0.4) is 0 Å². The van der Waals surface area contributed by atoms with Crippen molar-refractivity contribution in [2.75, 3.05) is 20.1 Å². The van der Waals surface area contributed by atoms with E-state index in [-0.39, 0.29) is 28.9 Å². The fourth-order valence-corrected chi connectivity index (χ4v) is 2.47. The van der Waals surface area contributed by atoms with Gasteiger partial charge in [-0.3, -0.25) is 4.99 Å². The first-order valence-electron chi connectivity index (χ1n) is 7.05. The van der Waals surface area contributed by atoms with E-state index in [0.29, 0.717) is 0 Å². The van der Waals surface area contributed by atoms with Gasteiger partial charge >= 0.3 is 0 Å². The smallest absolute Gasteiger partial charge is 0.238 e. The average Bonchev–Trinajstić information content (AvgIpc) is 3.26. The third kappa shape index (κ3) is 6.49. The molecular formula is C14H23IN4O2S. The Hall–Kier alpha value is -0.870. The molecule has 2 rings (SSSR count). The van der Waals surface area contributed by atoms with E-state index in [4.69, 9.17) is 5.14 Å². The van der Waals surface area contributed by atoms with Crippen molar-refractivity contribution < 1.29 is 8.42 Å². The fraction of sp³-hybridized carbons (Fsp3) is 0.500. The molecule has 0 spiro atoms. The Bertz CT molecular complexity index is 598. The zero-order valence-electron chi connectivity index (χ0n) is 12.6. The number of nitrogens with two attached hydrogens (primary N) is 1. The zero-order valence-corrected chi connectivity index (χ0v) is 15.7. The Balaban J connectivity index is 0.00000242. The van der Waals surface area contributed by atoms with Crippen LogP contribution >= 0.6 is 24.0 Å². The third-order valence-electron chi connectivity index (χ3n) is 3.44. The number of nitrogens with one attached hydrogen (secondary N) is 2. The van der Waals surface area contributed by atoms with Gasteiger partial charge in [-0.15, -0.1) is 24.0 Å². The highest BCUT2D eigenvalue weighted by molar-refractivity contribution is 14.0. The number of hydrogen-bond acceptors (Lipinski definition) is 3. The number of rotatable bonds is 6. The van der Waals surface area contributed by atoms with Gasteiger partial charge in [0.1, 0.15) is 0 Å². The highest BCUT2D eigenvalue weighted by Crippen LogP contribution is 2.27. The molecule has 1 aromatic rings.